The zero-order valence-electron chi connectivity index (χ0n) is 19.0. The summed E-state index contributed by atoms with van der Waals surface area (Å²) in [6.07, 6.45) is 0. The Bertz CT molecular complexity index is 1310. The van der Waals surface area contributed by atoms with E-state index in [-0.39, 0.29) is 17.0 Å². The summed E-state index contributed by atoms with van der Waals surface area (Å²) in [5.41, 5.74) is 0.725. The molecule has 0 aliphatic carbocycles. The van der Waals surface area contributed by atoms with Crippen LogP contribution in [0.3, 0.4) is 0 Å². The quantitative estimate of drug-likeness (QED) is 0.493. The van der Waals surface area contributed by atoms with Gasteiger partial charge in [0.1, 0.15) is 11.5 Å². The van der Waals surface area contributed by atoms with E-state index in [1.165, 1.54) is 36.7 Å². The van der Waals surface area contributed by atoms with Gasteiger partial charge in [0, 0.05) is 42.7 Å². The summed E-state index contributed by atoms with van der Waals surface area (Å²) in [4.78, 5) is 27.9. The van der Waals surface area contributed by atoms with Gasteiger partial charge in [-0.2, -0.15) is 4.31 Å². The molecule has 10 heteroatoms. The molecule has 1 amide bonds. The molecule has 0 saturated carbocycles. The van der Waals surface area contributed by atoms with Crippen LogP contribution in [0.2, 0.25) is 0 Å². The van der Waals surface area contributed by atoms with E-state index in [1.54, 1.807) is 32.0 Å². The second kappa shape index (κ2) is 10.1. The number of aromatic nitrogens is 1. The van der Waals surface area contributed by atoms with E-state index in [4.69, 9.17) is 9.47 Å². The fourth-order valence-corrected chi connectivity index (χ4v) is 5.02. The SMILES string of the molecule is CCN(CC)S(=O)(=O)c1ccc2[nH]c(=O)cc(C(=O)NCc3cc(OC)cc(OC)c3)c2c1. The van der Waals surface area contributed by atoms with Crippen molar-refractivity contribution in [2.45, 2.75) is 25.3 Å². The Morgan fingerprint density at radius 2 is 1.64 bits per heavy atom. The number of nitrogens with zero attached hydrogens (tertiary/aromatic N) is 1. The van der Waals surface area contributed by atoms with Crippen molar-refractivity contribution in [2.75, 3.05) is 27.3 Å². The lowest BCUT2D eigenvalue weighted by atomic mass is 10.1. The zero-order valence-corrected chi connectivity index (χ0v) is 19.8. The molecule has 0 fully saturated rings. The van der Waals surface area contributed by atoms with E-state index >= 15 is 0 Å². The van der Waals surface area contributed by atoms with Crippen molar-refractivity contribution in [3.8, 4) is 11.5 Å². The van der Waals surface area contributed by atoms with Crippen LogP contribution in [0.5, 0.6) is 11.5 Å². The predicted octanol–water partition coefficient (Wildman–Crippen LogP) is 2.51. The van der Waals surface area contributed by atoms with Gasteiger partial charge < -0.3 is 19.8 Å². The fourth-order valence-electron chi connectivity index (χ4n) is 3.54. The Balaban J connectivity index is 1.98. The fraction of sp³-hybridized carbons (Fsp3) is 0.304. The van der Waals surface area contributed by atoms with Crippen molar-refractivity contribution in [1.82, 2.24) is 14.6 Å². The second-order valence-electron chi connectivity index (χ2n) is 7.25. The molecular weight excluding hydrogens is 446 g/mol. The number of pyridine rings is 1. The van der Waals surface area contributed by atoms with E-state index < -0.39 is 21.5 Å². The molecule has 0 spiro atoms. The molecule has 0 radical (unpaired) electrons. The average molecular weight is 474 g/mol. The maximum atomic E-state index is 13.0. The number of sulfonamides is 1. The number of nitrogens with one attached hydrogen (secondary N) is 2. The number of hydrogen-bond acceptors (Lipinski definition) is 6. The molecule has 2 aromatic carbocycles. The third-order valence-electron chi connectivity index (χ3n) is 5.27. The topological polar surface area (TPSA) is 118 Å². The first-order valence-corrected chi connectivity index (χ1v) is 11.8. The zero-order chi connectivity index (χ0) is 24.2. The summed E-state index contributed by atoms with van der Waals surface area (Å²) in [6.45, 7) is 4.30. The summed E-state index contributed by atoms with van der Waals surface area (Å²) in [5, 5.41) is 3.11. The number of ether oxygens (including phenoxy) is 2. The molecule has 1 heterocycles. The number of methoxy groups -OCH3 is 2. The van der Waals surface area contributed by atoms with Gasteiger partial charge in [0.15, 0.2) is 0 Å². The maximum Gasteiger partial charge on any atom is 0.252 e. The number of amides is 1. The number of fused-ring (bicyclic) bond motifs is 1. The van der Waals surface area contributed by atoms with E-state index in [0.29, 0.717) is 35.5 Å². The first-order valence-electron chi connectivity index (χ1n) is 10.4. The standard InChI is InChI=1S/C23H27N3O6S/c1-5-26(6-2)33(29,30)18-7-8-21-19(12-18)20(13-22(27)25-21)23(28)24-14-15-9-16(31-3)11-17(10-15)32-4/h7-13H,5-6,14H2,1-4H3,(H,24,28)(H,25,27). The minimum Gasteiger partial charge on any atom is -0.497 e. The minimum absolute atomic E-state index is 0.0531. The van der Waals surface area contributed by atoms with Crippen LogP contribution in [0.1, 0.15) is 29.8 Å². The van der Waals surface area contributed by atoms with Crippen molar-refractivity contribution in [1.29, 1.82) is 0 Å². The molecule has 3 rings (SSSR count). The molecular formula is C23H27N3O6S. The van der Waals surface area contributed by atoms with Crippen LogP contribution >= 0.6 is 0 Å². The van der Waals surface area contributed by atoms with Gasteiger partial charge in [-0.05, 0) is 35.9 Å². The number of aromatic amines is 1. The van der Waals surface area contributed by atoms with Crippen molar-refractivity contribution in [3.63, 3.8) is 0 Å². The molecule has 2 N–H and O–H groups in total. The summed E-state index contributed by atoms with van der Waals surface area (Å²) in [7, 11) is -0.672. The van der Waals surface area contributed by atoms with Crippen molar-refractivity contribution in [2.24, 2.45) is 0 Å². The van der Waals surface area contributed by atoms with Crippen LogP contribution < -0.4 is 20.3 Å². The van der Waals surface area contributed by atoms with Crippen molar-refractivity contribution < 1.29 is 22.7 Å². The highest BCUT2D eigenvalue weighted by atomic mass is 32.2. The van der Waals surface area contributed by atoms with Crippen LogP contribution in [0, 0.1) is 0 Å². The van der Waals surface area contributed by atoms with Gasteiger partial charge in [-0.3, -0.25) is 9.59 Å². The number of H-pyrrole nitrogens is 1. The largest absolute Gasteiger partial charge is 0.497 e. The third kappa shape index (κ3) is 5.18. The Kier molecular flexibility index (Phi) is 7.39. The van der Waals surface area contributed by atoms with Gasteiger partial charge in [0.05, 0.1) is 24.7 Å². The highest BCUT2D eigenvalue weighted by molar-refractivity contribution is 7.89. The highest BCUT2D eigenvalue weighted by Crippen LogP contribution is 2.24. The molecule has 1 aromatic heterocycles. The van der Waals surface area contributed by atoms with Crippen LogP contribution in [-0.4, -0.2) is 50.9 Å². The first kappa shape index (κ1) is 24.3. The highest BCUT2D eigenvalue weighted by Gasteiger charge is 2.23. The molecule has 0 aliphatic heterocycles. The molecule has 0 unspecified atom stereocenters. The second-order valence-corrected chi connectivity index (χ2v) is 9.19. The Hall–Kier alpha value is -3.37. The molecule has 176 valence electrons. The van der Waals surface area contributed by atoms with E-state index in [0.717, 1.165) is 11.6 Å². The van der Waals surface area contributed by atoms with Crippen molar-refractivity contribution in [3.05, 3.63) is 63.9 Å². The smallest absolute Gasteiger partial charge is 0.252 e. The van der Waals surface area contributed by atoms with Gasteiger partial charge >= 0.3 is 0 Å². The van der Waals surface area contributed by atoms with Gasteiger partial charge in [-0.25, -0.2) is 8.42 Å². The summed E-state index contributed by atoms with van der Waals surface area (Å²) < 4.78 is 37.7. The molecule has 33 heavy (non-hydrogen) atoms. The van der Waals surface area contributed by atoms with Crippen LogP contribution in [0.25, 0.3) is 10.9 Å². The molecule has 0 saturated heterocycles. The minimum atomic E-state index is -3.73. The average Bonchev–Trinajstić information content (AvgIpc) is 2.81. The first-order chi connectivity index (χ1) is 15.7. The third-order valence-corrected chi connectivity index (χ3v) is 7.31. The summed E-state index contributed by atoms with van der Waals surface area (Å²) in [5.74, 6) is 0.642. The monoisotopic (exact) mass is 473 g/mol. The Morgan fingerprint density at radius 1 is 1.00 bits per heavy atom. The molecule has 0 atom stereocenters. The summed E-state index contributed by atoms with van der Waals surface area (Å²) >= 11 is 0. The predicted molar refractivity (Wildman–Crippen MR) is 125 cm³/mol. The van der Waals surface area contributed by atoms with Crippen LogP contribution in [0.15, 0.2) is 52.2 Å². The maximum absolute atomic E-state index is 13.0. The molecule has 0 bridgehead atoms. The molecule has 0 aliphatic rings. The number of rotatable bonds is 9. The van der Waals surface area contributed by atoms with E-state index in [2.05, 4.69) is 10.3 Å². The Labute approximate surface area is 192 Å². The summed E-state index contributed by atoms with van der Waals surface area (Å²) in [6, 6.07) is 10.7. The number of benzene rings is 2. The van der Waals surface area contributed by atoms with Gasteiger partial charge in [-0.15, -0.1) is 0 Å². The normalized spacial score (nSPS) is 11.5. The Morgan fingerprint density at radius 3 is 2.21 bits per heavy atom. The van der Waals surface area contributed by atoms with Gasteiger partial charge in [-0.1, -0.05) is 13.8 Å². The van der Waals surface area contributed by atoms with Gasteiger partial charge in [0.2, 0.25) is 15.6 Å². The lowest BCUT2D eigenvalue weighted by molar-refractivity contribution is 0.0952. The lowest BCUT2D eigenvalue weighted by Crippen LogP contribution is -2.30. The number of carbonyl (C=O) groups excluding carboxylic acids is 1. The van der Waals surface area contributed by atoms with E-state index in [1.807, 2.05) is 0 Å². The number of carbonyl (C=O) groups is 1. The molecule has 9 nitrogen and oxygen atoms in total. The number of hydrogen-bond donors (Lipinski definition) is 2. The van der Waals surface area contributed by atoms with E-state index in [9.17, 15) is 18.0 Å². The van der Waals surface area contributed by atoms with Crippen molar-refractivity contribution >= 4 is 26.8 Å². The van der Waals surface area contributed by atoms with Crippen LogP contribution in [-0.2, 0) is 16.6 Å². The molecule has 3 aromatic rings. The lowest BCUT2D eigenvalue weighted by Gasteiger charge is -2.19. The van der Waals surface area contributed by atoms with Crippen LogP contribution in [0.4, 0.5) is 0 Å². The van der Waals surface area contributed by atoms with Gasteiger partial charge in [0.25, 0.3) is 5.91 Å².